The highest BCUT2D eigenvalue weighted by Crippen LogP contribution is 2.30. The van der Waals surface area contributed by atoms with Crippen LogP contribution in [0.15, 0.2) is 34.9 Å². The van der Waals surface area contributed by atoms with E-state index in [0.29, 0.717) is 5.56 Å². The molecule has 0 aliphatic heterocycles. The number of carboxylic acids is 1. The summed E-state index contributed by atoms with van der Waals surface area (Å²) in [5.41, 5.74) is -0.185. The Balaban J connectivity index is 1.98. The van der Waals surface area contributed by atoms with E-state index in [-0.39, 0.29) is 30.4 Å². The normalized spacial score (nSPS) is 11.0. The van der Waals surface area contributed by atoms with E-state index in [1.54, 1.807) is 51.1 Å². The van der Waals surface area contributed by atoms with Gasteiger partial charge in [-0.25, -0.2) is 9.59 Å². The van der Waals surface area contributed by atoms with Gasteiger partial charge in [-0.05, 0) is 25.9 Å². The maximum Gasteiger partial charge on any atom is 0.407 e. The van der Waals surface area contributed by atoms with Crippen molar-refractivity contribution in [2.24, 2.45) is 0 Å². The summed E-state index contributed by atoms with van der Waals surface area (Å²) in [4.78, 5) is 23.0. The van der Waals surface area contributed by atoms with E-state index in [1.165, 1.54) is 0 Å². The van der Waals surface area contributed by atoms with Crippen LogP contribution in [0.5, 0.6) is 5.88 Å². The molecule has 8 nitrogen and oxygen atoms in total. The van der Waals surface area contributed by atoms with Crippen LogP contribution >= 0.6 is 0 Å². The van der Waals surface area contributed by atoms with E-state index in [9.17, 15) is 14.7 Å². The number of nitrogens with zero attached hydrogens (tertiary/aromatic N) is 1. The van der Waals surface area contributed by atoms with Crippen LogP contribution in [0, 0.1) is 0 Å². The number of aromatic nitrogens is 1. The molecular formula is C17H20N2O6. The zero-order valence-electron chi connectivity index (χ0n) is 14.2. The Morgan fingerprint density at radius 2 is 1.92 bits per heavy atom. The minimum Gasteiger partial charge on any atom is -0.477 e. The number of aromatic carboxylic acids is 1. The minimum absolute atomic E-state index is 0.0142. The lowest BCUT2D eigenvalue weighted by Gasteiger charge is -2.19. The van der Waals surface area contributed by atoms with Crippen molar-refractivity contribution < 1.29 is 28.7 Å². The lowest BCUT2D eigenvalue weighted by Crippen LogP contribution is -2.34. The summed E-state index contributed by atoms with van der Waals surface area (Å²) >= 11 is 0. The van der Waals surface area contributed by atoms with Crippen LogP contribution in [0.2, 0.25) is 0 Å². The summed E-state index contributed by atoms with van der Waals surface area (Å²) in [5.74, 6) is -1.24. The van der Waals surface area contributed by atoms with Gasteiger partial charge in [-0.1, -0.05) is 30.3 Å². The first-order chi connectivity index (χ1) is 11.8. The van der Waals surface area contributed by atoms with Crippen LogP contribution in [-0.4, -0.2) is 41.1 Å². The molecule has 134 valence electrons. The summed E-state index contributed by atoms with van der Waals surface area (Å²) < 4.78 is 15.5. The average Bonchev–Trinajstić information content (AvgIpc) is 2.95. The molecule has 1 aromatic carbocycles. The molecule has 1 amide bonds. The van der Waals surface area contributed by atoms with Crippen LogP contribution in [0.1, 0.15) is 31.1 Å². The third kappa shape index (κ3) is 5.23. The van der Waals surface area contributed by atoms with Gasteiger partial charge in [0.1, 0.15) is 12.2 Å². The molecule has 0 aliphatic rings. The molecule has 2 N–H and O–H groups in total. The Morgan fingerprint density at radius 3 is 2.52 bits per heavy atom. The quantitative estimate of drug-likeness (QED) is 0.772. The fourth-order valence-electron chi connectivity index (χ4n) is 1.96. The van der Waals surface area contributed by atoms with Gasteiger partial charge < -0.3 is 24.4 Å². The van der Waals surface area contributed by atoms with E-state index >= 15 is 0 Å². The number of carbonyl (C=O) groups excluding carboxylic acids is 1. The number of alkyl carbamates (subject to hydrolysis) is 1. The second-order valence-electron chi connectivity index (χ2n) is 6.14. The van der Waals surface area contributed by atoms with Gasteiger partial charge in [0.15, 0.2) is 11.3 Å². The zero-order chi connectivity index (χ0) is 18.4. The highest BCUT2D eigenvalue weighted by Gasteiger charge is 2.25. The first-order valence-electron chi connectivity index (χ1n) is 7.66. The van der Waals surface area contributed by atoms with Crippen LogP contribution in [0.3, 0.4) is 0 Å². The number of amides is 1. The predicted molar refractivity (Wildman–Crippen MR) is 88.6 cm³/mol. The van der Waals surface area contributed by atoms with E-state index in [2.05, 4.69) is 10.5 Å². The molecule has 0 saturated carbocycles. The fraction of sp³-hybridized carbons (Fsp3) is 0.353. The second kappa shape index (κ2) is 7.69. The summed E-state index contributed by atoms with van der Waals surface area (Å²) in [6.45, 7) is 5.40. The molecular weight excluding hydrogens is 328 g/mol. The molecule has 0 saturated heterocycles. The molecule has 0 radical (unpaired) electrons. The number of nitrogens with one attached hydrogen (secondary N) is 1. The SMILES string of the molecule is CC(C)(C)OC(=O)NCCOc1noc(-c2ccccc2)c1C(=O)O. The number of carbonyl (C=O) groups is 2. The Kier molecular flexibility index (Phi) is 5.63. The summed E-state index contributed by atoms with van der Waals surface area (Å²) in [5, 5.41) is 15.6. The molecule has 0 unspecified atom stereocenters. The Bertz CT molecular complexity index is 733. The lowest BCUT2D eigenvalue weighted by molar-refractivity contribution is 0.0517. The predicted octanol–water partition coefficient (Wildman–Crippen LogP) is 2.94. The number of hydrogen-bond acceptors (Lipinski definition) is 6. The maximum atomic E-state index is 11.5. The average molecular weight is 348 g/mol. The number of benzene rings is 1. The largest absolute Gasteiger partial charge is 0.477 e. The van der Waals surface area contributed by atoms with Gasteiger partial charge in [0, 0.05) is 5.56 Å². The third-order valence-corrected chi connectivity index (χ3v) is 2.92. The van der Waals surface area contributed by atoms with Crippen molar-refractivity contribution in [2.45, 2.75) is 26.4 Å². The molecule has 0 fully saturated rings. The first kappa shape index (κ1) is 18.3. The van der Waals surface area contributed by atoms with Gasteiger partial charge in [-0.15, -0.1) is 0 Å². The maximum absolute atomic E-state index is 11.5. The summed E-state index contributed by atoms with van der Waals surface area (Å²) in [7, 11) is 0. The second-order valence-corrected chi connectivity index (χ2v) is 6.14. The van der Waals surface area contributed by atoms with Crippen molar-refractivity contribution >= 4 is 12.1 Å². The van der Waals surface area contributed by atoms with Crippen molar-refractivity contribution in [3.63, 3.8) is 0 Å². The van der Waals surface area contributed by atoms with Crippen molar-refractivity contribution in [2.75, 3.05) is 13.2 Å². The number of carboxylic acid groups (broad SMARTS) is 1. The Morgan fingerprint density at radius 1 is 1.24 bits per heavy atom. The van der Waals surface area contributed by atoms with E-state index in [1.807, 2.05) is 0 Å². The zero-order valence-corrected chi connectivity index (χ0v) is 14.2. The number of ether oxygens (including phenoxy) is 2. The van der Waals surface area contributed by atoms with Gasteiger partial charge in [0.25, 0.3) is 5.88 Å². The van der Waals surface area contributed by atoms with Crippen molar-refractivity contribution in [3.05, 3.63) is 35.9 Å². The first-order valence-corrected chi connectivity index (χ1v) is 7.66. The highest BCUT2D eigenvalue weighted by atomic mass is 16.6. The Hall–Kier alpha value is -3.03. The van der Waals surface area contributed by atoms with Gasteiger partial charge >= 0.3 is 12.1 Å². The van der Waals surface area contributed by atoms with Gasteiger partial charge in [-0.2, -0.15) is 0 Å². The highest BCUT2D eigenvalue weighted by molar-refractivity contribution is 5.96. The van der Waals surface area contributed by atoms with Gasteiger partial charge in [0.05, 0.1) is 6.54 Å². The summed E-state index contributed by atoms with van der Waals surface area (Å²) in [6.07, 6.45) is -0.584. The van der Waals surface area contributed by atoms with Crippen molar-refractivity contribution in [1.29, 1.82) is 0 Å². The lowest BCUT2D eigenvalue weighted by atomic mass is 10.1. The van der Waals surface area contributed by atoms with Gasteiger partial charge in [-0.3, -0.25) is 0 Å². The summed E-state index contributed by atoms with van der Waals surface area (Å²) in [6, 6.07) is 8.74. The van der Waals surface area contributed by atoms with E-state index in [0.717, 1.165) is 0 Å². The molecule has 0 atom stereocenters. The van der Waals surface area contributed by atoms with Crippen LogP contribution in [-0.2, 0) is 4.74 Å². The fourth-order valence-corrected chi connectivity index (χ4v) is 1.96. The van der Waals surface area contributed by atoms with Crippen LogP contribution in [0.4, 0.5) is 4.79 Å². The van der Waals surface area contributed by atoms with Crippen molar-refractivity contribution in [3.8, 4) is 17.2 Å². The molecule has 0 spiro atoms. The molecule has 2 rings (SSSR count). The van der Waals surface area contributed by atoms with Crippen LogP contribution in [0.25, 0.3) is 11.3 Å². The molecule has 25 heavy (non-hydrogen) atoms. The standard InChI is InChI=1S/C17H20N2O6/c1-17(2,3)24-16(22)18-9-10-23-14-12(15(20)21)13(25-19-14)11-7-5-4-6-8-11/h4-8H,9-10H2,1-3H3,(H,18,22)(H,20,21). The number of hydrogen-bond donors (Lipinski definition) is 2. The van der Waals surface area contributed by atoms with Crippen LogP contribution < -0.4 is 10.1 Å². The minimum atomic E-state index is -1.21. The molecule has 8 heteroatoms. The monoisotopic (exact) mass is 348 g/mol. The Labute approximate surface area is 144 Å². The molecule has 2 aromatic rings. The van der Waals surface area contributed by atoms with E-state index < -0.39 is 17.7 Å². The molecule has 1 heterocycles. The van der Waals surface area contributed by atoms with E-state index in [4.69, 9.17) is 14.0 Å². The third-order valence-electron chi connectivity index (χ3n) is 2.92. The van der Waals surface area contributed by atoms with Gasteiger partial charge in [0.2, 0.25) is 0 Å². The smallest absolute Gasteiger partial charge is 0.407 e. The molecule has 1 aromatic heterocycles. The topological polar surface area (TPSA) is 111 Å². The van der Waals surface area contributed by atoms with Crippen molar-refractivity contribution in [1.82, 2.24) is 10.5 Å². The molecule has 0 bridgehead atoms. The number of rotatable bonds is 6. The molecule has 0 aliphatic carbocycles.